The van der Waals surface area contributed by atoms with Crippen LogP contribution >= 0.6 is 0 Å². The first-order valence-electron chi connectivity index (χ1n) is 6.77. The molecule has 3 amide bonds. The maximum atomic E-state index is 11.6. The van der Waals surface area contributed by atoms with Crippen molar-refractivity contribution >= 4 is 11.9 Å². The van der Waals surface area contributed by atoms with Crippen LogP contribution in [0.25, 0.3) is 0 Å². The topological polar surface area (TPSA) is 88.0 Å². The molecule has 0 aliphatic rings. The number of hydrogen-bond donors (Lipinski definition) is 3. The third-order valence-corrected chi connectivity index (χ3v) is 2.66. The zero-order chi connectivity index (χ0) is 15.0. The molecule has 0 unspecified atom stereocenters. The monoisotopic (exact) mass is 281 g/mol. The van der Waals surface area contributed by atoms with Crippen LogP contribution in [0.2, 0.25) is 0 Å². The molecule has 1 aromatic heterocycles. The van der Waals surface area contributed by atoms with Crippen molar-refractivity contribution in [3.8, 4) is 0 Å². The normalized spacial score (nSPS) is 12.0. The van der Waals surface area contributed by atoms with Gasteiger partial charge in [0.15, 0.2) is 0 Å². The number of imidazole rings is 1. The Morgan fingerprint density at radius 2 is 1.90 bits per heavy atom. The molecule has 1 heterocycles. The van der Waals surface area contributed by atoms with E-state index in [1.54, 1.807) is 12.5 Å². The summed E-state index contributed by atoms with van der Waals surface area (Å²) in [6.45, 7) is 7.07. The Morgan fingerprint density at radius 3 is 2.50 bits per heavy atom. The van der Waals surface area contributed by atoms with E-state index in [2.05, 4.69) is 20.9 Å². The molecule has 0 saturated carbocycles. The van der Waals surface area contributed by atoms with Crippen LogP contribution in [0.4, 0.5) is 4.79 Å². The van der Waals surface area contributed by atoms with Crippen molar-refractivity contribution in [1.29, 1.82) is 0 Å². The molecule has 1 rings (SSSR count). The van der Waals surface area contributed by atoms with Crippen LogP contribution < -0.4 is 16.0 Å². The van der Waals surface area contributed by atoms with Gasteiger partial charge >= 0.3 is 6.03 Å². The van der Waals surface area contributed by atoms with Crippen LogP contribution in [0.5, 0.6) is 0 Å². The standard InChI is InChI=1S/C13H23N5O2/c1-10(2)12(19)15-4-5-16-13(20)17-11(3)8-18-7-6-14-9-18/h6-7,9-11H,4-5,8H2,1-3H3,(H,15,19)(H2,16,17,20)/t11-/m1/s1. The van der Waals surface area contributed by atoms with E-state index in [1.807, 2.05) is 31.5 Å². The van der Waals surface area contributed by atoms with E-state index in [0.29, 0.717) is 19.6 Å². The van der Waals surface area contributed by atoms with Crippen LogP contribution in [0.1, 0.15) is 20.8 Å². The van der Waals surface area contributed by atoms with Crippen molar-refractivity contribution in [3.05, 3.63) is 18.7 Å². The van der Waals surface area contributed by atoms with Crippen LogP contribution in [0.3, 0.4) is 0 Å². The van der Waals surface area contributed by atoms with E-state index in [-0.39, 0.29) is 23.9 Å². The van der Waals surface area contributed by atoms with Gasteiger partial charge in [-0.2, -0.15) is 0 Å². The fourth-order valence-electron chi connectivity index (χ4n) is 1.60. The third-order valence-electron chi connectivity index (χ3n) is 2.66. The van der Waals surface area contributed by atoms with Gasteiger partial charge in [0.05, 0.1) is 6.33 Å². The van der Waals surface area contributed by atoms with Gasteiger partial charge in [-0.3, -0.25) is 4.79 Å². The molecule has 0 radical (unpaired) electrons. The molecule has 20 heavy (non-hydrogen) atoms. The summed E-state index contributed by atoms with van der Waals surface area (Å²) in [6, 6.07) is -0.245. The number of urea groups is 1. The second-order valence-electron chi connectivity index (χ2n) is 5.01. The molecular weight excluding hydrogens is 258 g/mol. The van der Waals surface area contributed by atoms with Gasteiger partial charge in [-0.25, -0.2) is 9.78 Å². The predicted octanol–water partition coefficient (Wildman–Crippen LogP) is 0.343. The van der Waals surface area contributed by atoms with Crippen molar-refractivity contribution in [2.24, 2.45) is 5.92 Å². The van der Waals surface area contributed by atoms with Gasteiger partial charge in [0, 0.05) is 44.0 Å². The molecule has 3 N–H and O–H groups in total. The Kier molecular flexibility index (Phi) is 6.55. The minimum absolute atomic E-state index is 0.00513. The zero-order valence-corrected chi connectivity index (χ0v) is 12.2. The fourth-order valence-corrected chi connectivity index (χ4v) is 1.60. The Balaban J connectivity index is 2.12. The number of nitrogens with zero attached hydrogens (tertiary/aromatic N) is 2. The van der Waals surface area contributed by atoms with Crippen molar-refractivity contribution in [2.75, 3.05) is 13.1 Å². The molecular formula is C13H23N5O2. The molecule has 7 heteroatoms. The number of rotatable bonds is 7. The molecule has 1 atom stereocenters. The van der Waals surface area contributed by atoms with Crippen LogP contribution in [0.15, 0.2) is 18.7 Å². The van der Waals surface area contributed by atoms with Gasteiger partial charge < -0.3 is 20.5 Å². The molecule has 0 spiro atoms. The average Bonchev–Trinajstić information content (AvgIpc) is 2.86. The quantitative estimate of drug-likeness (QED) is 0.630. The highest BCUT2D eigenvalue weighted by atomic mass is 16.2. The Bertz CT molecular complexity index is 416. The molecule has 1 aromatic rings. The first-order chi connectivity index (χ1) is 9.49. The lowest BCUT2D eigenvalue weighted by Crippen LogP contribution is -2.45. The minimum atomic E-state index is -0.239. The maximum Gasteiger partial charge on any atom is 0.315 e. The Hall–Kier alpha value is -2.05. The van der Waals surface area contributed by atoms with E-state index in [9.17, 15) is 9.59 Å². The van der Waals surface area contributed by atoms with Crippen LogP contribution in [0, 0.1) is 5.92 Å². The predicted molar refractivity (Wildman–Crippen MR) is 76.1 cm³/mol. The van der Waals surface area contributed by atoms with Crippen LogP contribution in [-0.4, -0.2) is 40.6 Å². The van der Waals surface area contributed by atoms with Gasteiger partial charge in [0.2, 0.25) is 5.91 Å². The summed E-state index contributed by atoms with van der Waals surface area (Å²) < 4.78 is 1.90. The summed E-state index contributed by atoms with van der Waals surface area (Å²) in [5, 5.41) is 8.25. The average molecular weight is 281 g/mol. The maximum absolute atomic E-state index is 11.6. The van der Waals surface area contributed by atoms with E-state index in [1.165, 1.54) is 0 Å². The minimum Gasteiger partial charge on any atom is -0.354 e. The second-order valence-corrected chi connectivity index (χ2v) is 5.01. The Labute approximate surface area is 119 Å². The van der Waals surface area contributed by atoms with E-state index in [4.69, 9.17) is 0 Å². The third kappa shape index (κ3) is 6.21. The molecule has 0 saturated heterocycles. The fraction of sp³-hybridized carbons (Fsp3) is 0.615. The smallest absolute Gasteiger partial charge is 0.315 e. The lowest BCUT2D eigenvalue weighted by molar-refractivity contribution is -0.123. The van der Waals surface area contributed by atoms with E-state index < -0.39 is 0 Å². The number of carbonyl (C=O) groups is 2. The number of amides is 3. The summed E-state index contributed by atoms with van der Waals surface area (Å²) in [5.74, 6) is -0.0558. The first kappa shape index (κ1) is 16.0. The van der Waals surface area contributed by atoms with Crippen molar-refractivity contribution < 1.29 is 9.59 Å². The molecule has 0 aliphatic heterocycles. The number of nitrogens with one attached hydrogen (secondary N) is 3. The van der Waals surface area contributed by atoms with Gasteiger partial charge in [-0.05, 0) is 6.92 Å². The summed E-state index contributed by atoms with van der Waals surface area (Å²) in [7, 11) is 0. The summed E-state index contributed by atoms with van der Waals surface area (Å²) >= 11 is 0. The lowest BCUT2D eigenvalue weighted by Gasteiger charge is -2.15. The molecule has 0 aromatic carbocycles. The number of carbonyl (C=O) groups excluding carboxylic acids is 2. The van der Waals surface area contributed by atoms with Gasteiger partial charge in [0.25, 0.3) is 0 Å². The first-order valence-corrected chi connectivity index (χ1v) is 6.77. The zero-order valence-electron chi connectivity index (χ0n) is 12.2. The molecule has 7 nitrogen and oxygen atoms in total. The van der Waals surface area contributed by atoms with Gasteiger partial charge in [-0.15, -0.1) is 0 Å². The second kappa shape index (κ2) is 8.19. The Morgan fingerprint density at radius 1 is 1.20 bits per heavy atom. The highest BCUT2D eigenvalue weighted by molar-refractivity contribution is 5.78. The lowest BCUT2D eigenvalue weighted by atomic mass is 10.2. The van der Waals surface area contributed by atoms with Gasteiger partial charge in [0.1, 0.15) is 0 Å². The largest absolute Gasteiger partial charge is 0.354 e. The van der Waals surface area contributed by atoms with E-state index >= 15 is 0 Å². The summed E-state index contributed by atoms with van der Waals surface area (Å²) in [6.07, 6.45) is 5.25. The molecule has 0 bridgehead atoms. The van der Waals surface area contributed by atoms with E-state index in [0.717, 1.165) is 0 Å². The highest BCUT2D eigenvalue weighted by Gasteiger charge is 2.08. The van der Waals surface area contributed by atoms with Crippen molar-refractivity contribution in [3.63, 3.8) is 0 Å². The molecule has 112 valence electrons. The SMILES string of the molecule is CC(C)C(=O)NCCNC(=O)N[C@H](C)Cn1ccnc1. The number of hydrogen-bond acceptors (Lipinski definition) is 3. The van der Waals surface area contributed by atoms with Gasteiger partial charge in [-0.1, -0.05) is 13.8 Å². The van der Waals surface area contributed by atoms with Crippen molar-refractivity contribution in [1.82, 2.24) is 25.5 Å². The summed E-state index contributed by atoms with van der Waals surface area (Å²) in [4.78, 5) is 26.8. The summed E-state index contributed by atoms with van der Waals surface area (Å²) in [5.41, 5.74) is 0. The molecule has 0 fully saturated rings. The van der Waals surface area contributed by atoms with Crippen molar-refractivity contribution in [2.45, 2.75) is 33.4 Å². The van der Waals surface area contributed by atoms with Crippen LogP contribution in [-0.2, 0) is 11.3 Å². The number of aromatic nitrogens is 2. The molecule has 0 aliphatic carbocycles. The highest BCUT2D eigenvalue weighted by Crippen LogP contribution is 1.91.